The number of fused-ring (bicyclic) bond motifs is 9. The van der Waals surface area contributed by atoms with Gasteiger partial charge in [-0.15, -0.1) is 46.4 Å². The van der Waals surface area contributed by atoms with Crippen molar-refractivity contribution in [1.29, 1.82) is 0 Å². The van der Waals surface area contributed by atoms with E-state index >= 15 is 0 Å². The van der Waals surface area contributed by atoms with E-state index in [4.69, 9.17) is 72.3 Å². The normalized spacial score (nSPS) is 19.1. The maximum atomic E-state index is 12.8. The van der Waals surface area contributed by atoms with Gasteiger partial charge in [0.25, 0.3) is 11.8 Å². The second-order valence-electron chi connectivity index (χ2n) is 30.1. The summed E-state index contributed by atoms with van der Waals surface area (Å²) >= 11 is 23.4. The second kappa shape index (κ2) is 34.5. The fourth-order valence-corrected chi connectivity index (χ4v) is 18.6. The first-order valence-electron chi connectivity index (χ1n) is 36.3. The van der Waals surface area contributed by atoms with Crippen molar-refractivity contribution in [2.24, 2.45) is 5.73 Å². The number of benzene rings is 3. The first kappa shape index (κ1) is 81.6. The molecule has 0 saturated carbocycles. The Hall–Kier alpha value is -8.39. The molecule has 109 heavy (non-hydrogen) atoms. The van der Waals surface area contributed by atoms with Crippen LogP contribution in [0, 0.1) is 20.8 Å². The highest BCUT2D eigenvalue weighted by Crippen LogP contribution is 2.41. The zero-order valence-corrected chi connectivity index (χ0v) is 68.0. The van der Waals surface area contributed by atoms with Gasteiger partial charge in [0.1, 0.15) is 56.9 Å². The molecule has 12 N–H and O–H groups in total. The molecule has 6 aromatic heterocycles. The van der Waals surface area contributed by atoms with Gasteiger partial charge in [-0.2, -0.15) is 0 Å². The highest BCUT2D eigenvalue weighted by Gasteiger charge is 2.46. The third-order valence-electron chi connectivity index (χ3n) is 19.6. The zero-order valence-electron chi connectivity index (χ0n) is 62.4. The number of halogens is 4. The van der Waals surface area contributed by atoms with Crippen molar-refractivity contribution in [2.45, 2.75) is 168 Å². The average molecular weight is 1630 g/mol. The summed E-state index contributed by atoms with van der Waals surface area (Å²) in [6.07, 6.45) is 13.1. The van der Waals surface area contributed by atoms with E-state index in [1.165, 1.54) is 35.5 Å². The number of hydrogen-bond acceptors (Lipinski definition) is 24. The fourth-order valence-electron chi connectivity index (χ4n) is 14.7. The standard InChI is InChI=1S/C27H33ClN6O3S.C22H25ClN6OS.C19H28ClN3O2.C8H7N3O2S.ClH/c1-15-12-31-22-21(29)23(38-25(22)32-15)24(35)30-10-9-16-5-8-20(19(28)11-16)33-13-17-6-7-18(14-33)34(17)26(36)37-27(2,3)4;1-12-9-26-19-18(24)20(31-22(19)27-12)21(30)25-7-6-13-2-5-17(16(23)8-13)29-10-14-3-4-15(11-29)28-14;1-19(2,3)25-18(24)23-14-5-6-15(23)12-22(11-14)17-7-4-13(8-9-21)10-16(17)20;1-3-2-10-5-4(9)6(8(12)13)14-7(5)11-3;/h5,8,11-12,17-18H,6-7,9-10,13-14,29H2,1-4H3,(H,30,35);2,5,8-9,14-15,28H,3-4,6-7,10-11,24H2,1H3,(H,25,30);4,7,10,14-15H,5-6,8-9,11-12,21H2,1-3H3;2H,9H2,1H3,(H,12,13);1H. The van der Waals surface area contributed by atoms with Crippen LogP contribution in [0.15, 0.2) is 73.2 Å². The summed E-state index contributed by atoms with van der Waals surface area (Å²) in [4.78, 5) is 101. The molecule has 6 atom stereocenters. The Morgan fingerprint density at radius 1 is 0.514 bits per heavy atom. The zero-order chi connectivity index (χ0) is 77.2. The second-order valence-corrected chi connectivity index (χ2v) is 34.4. The van der Waals surface area contributed by atoms with Gasteiger partial charge < -0.3 is 68.2 Å². The third kappa shape index (κ3) is 19.3. The molecule has 6 fully saturated rings. The molecule has 4 amide bonds. The van der Waals surface area contributed by atoms with E-state index in [1.54, 1.807) is 25.5 Å². The van der Waals surface area contributed by atoms with E-state index in [2.05, 4.69) is 84.8 Å². The molecule has 6 saturated heterocycles. The summed E-state index contributed by atoms with van der Waals surface area (Å²) in [5.41, 5.74) is 33.8. The fraction of sp³-hybridized carbons (Fsp3) is 0.461. The third-order valence-corrected chi connectivity index (χ3v) is 23.7. The first-order valence-corrected chi connectivity index (χ1v) is 39.9. The molecule has 0 radical (unpaired) electrons. The number of ether oxygens (including phenoxy) is 2. The Kier molecular flexibility index (Phi) is 25.8. The number of piperazine rings is 3. The number of carbonyl (C=O) groups excluding carboxylic acids is 4. The van der Waals surface area contributed by atoms with Crippen LogP contribution in [0.2, 0.25) is 15.1 Å². The number of carboxylic acid groups (broad SMARTS) is 1. The van der Waals surface area contributed by atoms with Crippen molar-refractivity contribution in [3.63, 3.8) is 0 Å². The van der Waals surface area contributed by atoms with Gasteiger partial charge in [0.15, 0.2) is 0 Å². The number of anilines is 6. The smallest absolute Gasteiger partial charge is 0.410 e. The number of aryl methyl sites for hydroxylation is 3. The number of nitrogens with two attached hydrogens (primary N) is 4. The average Bonchev–Trinajstić information content (AvgIpc) is 1.34. The molecule has 6 aliphatic heterocycles. The molecule has 3 aromatic carbocycles. The summed E-state index contributed by atoms with van der Waals surface area (Å²) in [5, 5.41) is 20.6. The van der Waals surface area contributed by atoms with Gasteiger partial charge in [-0.05, 0) is 180 Å². The molecular formula is C76H94Cl4N18O8S3. The van der Waals surface area contributed by atoms with Gasteiger partial charge in [0.05, 0.1) is 90.4 Å². The summed E-state index contributed by atoms with van der Waals surface area (Å²) in [6.45, 7) is 23.5. The van der Waals surface area contributed by atoms with Crippen LogP contribution in [0.25, 0.3) is 31.0 Å². The molecule has 582 valence electrons. The van der Waals surface area contributed by atoms with Crippen LogP contribution in [0.5, 0.6) is 0 Å². The number of hydrogen-bond donors (Lipinski definition) is 8. The Bertz CT molecular complexity index is 4820. The van der Waals surface area contributed by atoms with Crippen molar-refractivity contribution >= 4 is 176 Å². The lowest BCUT2D eigenvalue weighted by atomic mass is 10.1. The topological polar surface area (TPSA) is 358 Å². The van der Waals surface area contributed by atoms with E-state index < -0.39 is 17.2 Å². The molecular weight excluding hydrogens is 1530 g/mol. The lowest BCUT2D eigenvalue weighted by Gasteiger charge is -2.42. The number of nitrogens with zero attached hydrogens (tertiary/aromatic N) is 11. The summed E-state index contributed by atoms with van der Waals surface area (Å²) in [7, 11) is 0. The number of thiophene rings is 3. The molecule has 0 spiro atoms. The van der Waals surface area contributed by atoms with Crippen LogP contribution in [-0.2, 0) is 28.7 Å². The summed E-state index contributed by atoms with van der Waals surface area (Å²) < 4.78 is 11.2. The molecule has 6 aliphatic rings. The molecule has 9 aromatic rings. The first-order chi connectivity index (χ1) is 51.3. The number of aromatic carboxylic acids is 1. The van der Waals surface area contributed by atoms with Crippen LogP contribution in [0.4, 0.5) is 43.7 Å². The van der Waals surface area contributed by atoms with Crippen LogP contribution < -0.4 is 53.6 Å². The van der Waals surface area contributed by atoms with Gasteiger partial charge in [0, 0.05) is 83.0 Å². The summed E-state index contributed by atoms with van der Waals surface area (Å²) in [6, 6.07) is 20.2. The Morgan fingerprint density at radius 2 is 0.835 bits per heavy atom. The number of amides is 4. The molecule has 33 heteroatoms. The van der Waals surface area contributed by atoms with Gasteiger partial charge in [0.2, 0.25) is 0 Å². The van der Waals surface area contributed by atoms with Crippen LogP contribution in [0.3, 0.4) is 0 Å². The lowest BCUT2D eigenvalue weighted by Crippen LogP contribution is -2.56. The van der Waals surface area contributed by atoms with Gasteiger partial charge in [-0.3, -0.25) is 19.4 Å². The quantitative estimate of drug-likeness (QED) is 0.0501. The minimum Gasteiger partial charge on any atom is -0.477 e. The van der Waals surface area contributed by atoms with E-state index in [9.17, 15) is 24.0 Å². The highest BCUT2D eigenvalue weighted by molar-refractivity contribution is 7.22. The maximum Gasteiger partial charge on any atom is 0.410 e. The van der Waals surface area contributed by atoms with Crippen molar-refractivity contribution in [1.82, 2.24) is 55.7 Å². The number of carbonyl (C=O) groups is 5. The lowest BCUT2D eigenvalue weighted by molar-refractivity contribution is 0.0112. The van der Waals surface area contributed by atoms with Gasteiger partial charge >= 0.3 is 18.2 Å². The highest BCUT2D eigenvalue weighted by atomic mass is 35.5. The van der Waals surface area contributed by atoms with Crippen LogP contribution in [0.1, 0.15) is 143 Å². The van der Waals surface area contributed by atoms with Crippen molar-refractivity contribution < 1.29 is 38.6 Å². The molecule has 6 bridgehead atoms. The number of aromatic nitrogens is 6. The molecule has 0 aliphatic carbocycles. The van der Waals surface area contributed by atoms with Crippen LogP contribution >= 0.6 is 81.2 Å². The molecule has 12 heterocycles. The predicted octanol–water partition coefficient (Wildman–Crippen LogP) is 13.1. The molecule has 15 rings (SSSR count). The maximum absolute atomic E-state index is 12.8. The van der Waals surface area contributed by atoms with Crippen molar-refractivity contribution in [3.05, 3.63) is 137 Å². The summed E-state index contributed by atoms with van der Waals surface area (Å²) in [5.74, 6) is -1.46. The number of rotatable bonds is 14. The minimum absolute atomic E-state index is 0. The van der Waals surface area contributed by atoms with E-state index in [1.807, 2.05) is 95.5 Å². The Labute approximate surface area is 666 Å². The minimum atomic E-state index is -1.04. The SMILES string of the molecule is CC(C)(C)OC(=O)N1C2CCC1CN(c1ccc(CCN)cc1Cl)C2.Cc1cnc2c(N)c(C(=O)NCCc3ccc(N4CC5CCC(C4)N5)c(Cl)c3)sc2n1.Cc1cnc2c(N)c(C(=O)NCCc3ccc(N4CC5CCC(C4)N5C(=O)OC(C)(C)C)c(Cl)c3)sc2n1.Cc1cnc2c(N)c(C(=O)O)sc2n1.Cl. The van der Waals surface area contributed by atoms with Crippen molar-refractivity contribution in [2.75, 3.05) is 90.8 Å². The largest absolute Gasteiger partial charge is 0.477 e. The number of nitrogens with one attached hydrogen (secondary N) is 3. The van der Waals surface area contributed by atoms with Crippen LogP contribution in [-0.4, -0.2) is 181 Å². The molecule has 6 unspecified atom stereocenters. The van der Waals surface area contributed by atoms with Crippen molar-refractivity contribution in [3.8, 4) is 0 Å². The van der Waals surface area contributed by atoms with E-state index in [-0.39, 0.29) is 71.1 Å². The van der Waals surface area contributed by atoms with E-state index in [0.717, 1.165) is 144 Å². The Balaban J connectivity index is 0.000000151. The number of carboxylic acids is 1. The predicted molar refractivity (Wildman–Crippen MR) is 439 cm³/mol. The van der Waals surface area contributed by atoms with E-state index in [0.29, 0.717) is 102 Å². The molecule has 26 nitrogen and oxygen atoms in total. The Morgan fingerprint density at radius 3 is 1.16 bits per heavy atom. The number of nitrogen functional groups attached to an aromatic ring is 3. The van der Waals surface area contributed by atoms with Gasteiger partial charge in [-0.1, -0.05) is 53.0 Å². The monoisotopic (exact) mass is 1620 g/mol. The van der Waals surface area contributed by atoms with Gasteiger partial charge in [-0.25, -0.2) is 44.3 Å².